The van der Waals surface area contributed by atoms with Crippen molar-refractivity contribution in [1.82, 2.24) is 5.32 Å². The Morgan fingerprint density at radius 1 is 0.800 bits per heavy atom. The molecule has 0 radical (unpaired) electrons. The second-order valence-electron chi connectivity index (χ2n) is 7.17. The van der Waals surface area contributed by atoms with Gasteiger partial charge in [0.25, 0.3) is 5.91 Å². The van der Waals surface area contributed by atoms with Gasteiger partial charge in [-0.3, -0.25) is 4.79 Å². The molecule has 0 heterocycles. The minimum atomic E-state index is -0.535. The predicted octanol–water partition coefficient (Wildman–Crippen LogP) is 5.35. The summed E-state index contributed by atoms with van der Waals surface area (Å²) in [5, 5.41) is 7.46. The third kappa shape index (κ3) is 4.71. The van der Waals surface area contributed by atoms with E-state index in [4.69, 9.17) is 9.47 Å². The van der Waals surface area contributed by atoms with Gasteiger partial charge in [0.15, 0.2) is 6.10 Å². The van der Waals surface area contributed by atoms with Crippen molar-refractivity contribution in [3.63, 3.8) is 0 Å². The molecule has 0 bridgehead atoms. The quantitative estimate of drug-likeness (QED) is 0.407. The number of hydrogen-bond donors (Lipinski definition) is 1. The Morgan fingerprint density at radius 2 is 1.37 bits per heavy atom. The van der Waals surface area contributed by atoms with Crippen LogP contribution in [0.4, 0.5) is 0 Å². The van der Waals surface area contributed by atoms with E-state index >= 15 is 0 Å². The van der Waals surface area contributed by atoms with Crippen LogP contribution >= 0.6 is 0 Å². The molecule has 4 nitrogen and oxygen atoms in total. The Balaban J connectivity index is 1.29. The summed E-state index contributed by atoms with van der Waals surface area (Å²) in [6.45, 7) is 2.76. The smallest absolute Gasteiger partial charge is 0.261 e. The molecular weight excluding hydrogens is 374 g/mol. The second-order valence-corrected chi connectivity index (χ2v) is 7.17. The van der Waals surface area contributed by atoms with E-state index in [1.165, 1.54) is 5.39 Å². The average Bonchev–Trinajstić information content (AvgIpc) is 2.80. The molecule has 0 fully saturated rings. The van der Waals surface area contributed by atoms with Crippen LogP contribution in [0.1, 0.15) is 13.3 Å². The molecule has 4 rings (SSSR count). The Bertz CT molecular complexity index is 1160. The number of nitrogens with one attached hydrogen (secondary N) is 1. The molecule has 4 aromatic carbocycles. The van der Waals surface area contributed by atoms with Gasteiger partial charge >= 0.3 is 0 Å². The summed E-state index contributed by atoms with van der Waals surface area (Å²) in [6.07, 6.45) is 0.0522. The van der Waals surface area contributed by atoms with E-state index in [1.807, 2.05) is 73.7 Å². The molecule has 0 aromatic heterocycles. The minimum absolute atomic E-state index is 0.132. The van der Waals surface area contributed by atoms with Crippen molar-refractivity contribution in [2.24, 2.45) is 0 Å². The fraction of sp³-hybridized carbons (Fsp3) is 0.192. The van der Waals surface area contributed by atoms with Gasteiger partial charge in [0.2, 0.25) is 0 Å². The number of fused-ring (bicyclic) bond motifs is 2. The number of amides is 1. The number of hydrogen-bond acceptors (Lipinski definition) is 3. The molecule has 1 amide bonds. The molecule has 0 saturated heterocycles. The maximum Gasteiger partial charge on any atom is 0.261 e. The van der Waals surface area contributed by atoms with Gasteiger partial charge in [-0.1, -0.05) is 67.6 Å². The average molecular weight is 399 g/mol. The highest BCUT2D eigenvalue weighted by Gasteiger charge is 2.18. The van der Waals surface area contributed by atoms with E-state index in [0.29, 0.717) is 25.3 Å². The molecule has 0 spiro atoms. The topological polar surface area (TPSA) is 47.6 Å². The van der Waals surface area contributed by atoms with E-state index in [1.54, 1.807) is 0 Å². The van der Waals surface area contributed by atoms with E-state index in [-0.39, 0.29) is 5.91 Å². The lowest BCUT2D eigenvalue weighted by molar-refractivity contribution is -0.128. The number of benzene rings is 4. The SMILES string of the molecule is CC[C@@H](Oc1ccc2ccccc2c1)C(=O)NCCOc1ccc2ccccc2c1. The van der Waals surface area contributed by atoms with Crippen LogP contribution in [0.15, 0.2) is 84.9 Å². The summed E-state index contributed by atoms with van der Waals surface area (Å²) < 4.78 is 11.7. The lowest BCUT2D eigenvalue weighted by Gasteiger charge is -2.18. The maximum atomic E-state index is 12.5. The molecule has 0 unspecified atom stereocenters. The lowest BCUT2D eigenvalue weighted by atomic mass is 10.1. The van der Waals surface area contributed by atoms with Crippen molar-refractivity contribution in [2.45, 2.75) is 19.4 Å². The van der Waals surface area contributed by atoms with Gasteiger partial charge in [-0.2, -0.15) is 0 Å². The molecule has 0 aliphatic rings. The van der Waals surface area contributed by atoms with Gasteiger partial charge < -0.3 is 14.8 Å². The van der Waals surface area contributed by atoms with Crippen LogP contribution in [0.2, 0.25) is 0 Å². The normalized spacial score (nSPS) is 11.9. The number of carbonyl (C=O) groups is 1. The first-order valence-corrected chi connectivity index (χ1v) is 10.3. The lowest BCUT2D eigenvalue weighted by Crippen LogP contribution is -2.39. The summed E-state index contributed by atoms with van der Waals surface area (Å²) >= 11 is 0. The molecule has 4 heteroatoms. The van der Waals surface area contributed by atoms with E-state index in [0.717, 1.165) is 21.9 Å². The van der Waals surface area contributed by atoms with Crippen molar-refractivity contribution in [3.8, 4) is 11.5 Å². The van der Waals surface area contributed by atoms with Gasteiger partial charge in [0.05, 0.1) is 6.54 Å². The van der Waals surface area contributed by atoms with Crippen molar-refractivity contribution < 1.29 is 14.3 Å². The van der Waals surface area contributed by atoms with Crippen LogP contribution in [0, 0.1) is 0 Å². The summed E-state index contributed by atoms with van der Waals surface area (Å²) in [5.74, 6) is 1.36. The van der Waals surface area contributed by atoms with Gasteiger partial charge in [0, 0.05) is 0 Å². The molecule has 4 aromatic rings. The first-order valence-electron chi connectivity index (χ1n) is 10.3. The summed E-state index contributed by atoms with van der Waals surface area (Å²) in [4.78, 5) is 12.5. The standard InChI is InChI=1S/C26H25NO3/c1-2-25(30-24-14-12-20-8-4-6-10-22(20)18-24)26(28)27-15-16-29-23-13-11-19-7-3-5-9-21(19)17-23/h3-14,17-18,25H,2,15-16H2,1H3,(H,27,28)/t25-/m1/s1. The summed E-state index contributed by atoms with van der Waals surface area (Å²) in [7, 11) is 0. The largest absolute Gasteiger partial charge is 0.492 e. The van der Waals surface area contributed by atoms with Crippen molar-refractivity contribution in [3.05, 3.63) is 84.9 Å². The monoisotopic (exact) mass is 399 g/mol. The van der Waals surface area contributed by atoms with Crippen LogP contribution in [-0.4, -0.2) is 25.2 Å². The maximum absolute atomic E-state index is 12.5. The highest BCUT2D eigenvalue weighted by Crippen LogP contribution is 2.22. The molecule has 1 atom stereocenters. The third-order valence-corrected chi connectivity index (χ3v) is 5.05. The molecule has 152 valence electrons. The molecule has 0 saturated carbocycles. The summed E-state index contributed by atoms with van der Waals surface area (Å²) in [6, 6.07) is 28.1. The van der Waals surface area contributed by atoms with Crippen LogP contribution in [-0.2, 0) is 4.79 Å². The predicted molar refractivity (Wildman–Crippen MR) is 121 cm³/mol. The van der Waals surface area contributed by atoms with Crippen molar-refractivity contribution in [1.29, 1.82) is 0 Å². The van der Waals surface area contributed by atoms with Crippen molar-refractivity contribution >= 4 is 27.5 Å². The van der Waals surface area contributed by atoms with Gasteiger partial charge in [-0.15, -0.1) is 0 Å². The molecule has 0 aliphatic carbocycles. The van der Waals surface area contributed by atoms with Crippen LogP contribution < -0.4 is 14.8 Å². The Labute approximate surface area is 176 Å². The molecule has 1 N–H and O–H groups in total. The molecule has 0 aliphatic heterocycles. The first kappa shape index (κ1) is 19.8. The fourth-order valence-electron chi connectivity index (χ4n) is 3.44. The van der Waals surface area contributed by atoms with Crippen LogP contribution in [0.5, 0.6) is 11.5 Å². The van der Waals surface area contributed by atoms with E-state index in [9.17, 15) is 4.79 Å². The number of ether oxygens (including phenoxy) is 2. The fourth-order valence-corrected chi connectivity index (χ4v) is 3.44. The Morgan fingerprint density at radius 3 is 2.00 bits per heavy atom. The Kier molecular flexibility index (Phi) is 6.14. The van der Waals surface area contributed by atoms with Gasteiger partial charge in [0.1, 0.15) is 18.1 Å². The van der Waals surface area contributed by atoms with Gasteiger partial charge in [-0.25, -0.2) is 0 Å². The number of carbonyl (C=O) groups excluding carboxylic acids is 1. The van der Waals surface area contributed by atoms with Crippen LogP contribution in [0.3, 0.4) is 0 Å². The first-order chi connectivity index (χ1) is 14.7. The van der Waals surface area contributed by atoms with Crippen molar-refractivity contribution in [2.75, 3.05) is 13.2 Å². The van der Waals surface area contributed by atoms with Crippen LogP contribution in [0.25, 0.3) is 21.5 Å². The van der Waals surface area contributed by atoms with Gasteiger partial charge in [-0.05, 0) is 52.2 Å². The zero-order chi connectivity index (χ0) is 20.8. The second kappa shape index (κ2) is 9.31. The zero-order valence-corrected chi connectivity index (χ0v) is 17.0. The molecular formula is C26H25NO3. The van der Waals surface area contributed by atoms with E-state index in [2.05, 4.69) is 23.5 Å². The minimum Gasteiger partial charge on any atom is -0.492 e. The number of rotatable bonds is 8. The van der Waals surface area contributed by atoms with E-state index < -0.39 is 6.10 Å². The molecule has 30 heavy (non-hydrogen) atoms. The zero-order valence-electron chi connectivity index (χ0n) is 17.0. The highest BCUT2D eigenvalue weighted by atomic mass is 16.5. The Hall–Kier alpha value is -3.53. The highest BCUT2D eigenvalue weighted by molar-refractivity contribution is 5.85. The third-order valence-electron chi connectivity index (χ3n) is 5.05. The summed E-state index contributed by atoms with van der Waals surface area (Å²) in [5.41, 5.74) is 0.